The molecule has 0 aromatic heterocycles. The number of benzene rings is 2. The highest BCUT2D eigenvalue weighted by atomic mass is 35.5. The molecule has 0 saturated carbocycles. The van der Waals surface area contributed by atoms with Crippen LogP contribution in [0.1, 0.15) is 36.7 Å². The molecule has 0 aliphatic rings. The highest BCUT2D eigenvalue weighted by Crippen LogP contribution is 2.36. The second kappa shape index (κ2) is 13.4. The Morgan fingerprint density at radius 3 is 2.21 bits per heavy atom. The van der Waals surface area contributed by atoms with Gasteiger partial charge in [0.2, 0.25) is 0 Å². The van der Waals surface area contributed by atoms with E-state index in [1.165, 1.54) is 0 Å². The van der Waals surface area contributed by atoms with E-state index in [2.05, 4.69) is 5.32 Å². The molecule has 0 unspecified atom stereocenters. The van der Waals surface area contributed by atoms with Gasteiger partial charge in [0.15, 0.2) is 6.79 Å². The molecule has 1 N–H and O–H groups in total. The minimum Gasteiger partial charge on any atom is -0.435 e. The SMILES string of the molecule is CCOCC.CCOCOC(=O)c1ccccc1Nc1c(Cl)ccc(C)c1Cl. The maximum atomic E-state index is 12.2. The zero-order valence-electron chi connectivity index (χ0n) is 16.7. The smallest absolute Gasteiger partial charge is 0.342 e. The zero-order valence-corrected chi connectivity index (χ0v) is 18.2. The Bertz CT molecular complexity index is 751. The van der Waals surface area contributed by atoms with Gasteiger partial charge in [-0.15, -0.1) is 0 Å². The van der Waals surface area contributed by atoms with E-state index in [-0.39, 0.29) is 6.79 Å². The Labute approximate surface area is 176 Å². The van der Waals surface area contributed by atoms with Crippen LogP contribution in [0.4, 0.5) is 11.4 Å². The molecule has 0 saturated heterocycles. The number of rotatable bonds is 8. The van der Waals surface area contributed by atoms with Gasteiger partial charge in [-0.25, -0.2) is 4.79 Å². The van der Waals surface area contributed by atoms with Gasteiger partial charge >= 0.3 is 5.97 Å². The van der Waals surface area contributed by atoms with Crippen LogP contribution in [-0.4, -0.2) is 32.6 Å². The molecule has 154 valence electrons. The second-order valence-corrected chi connectivity index (χ2v) is 6.33. The predicted molar refractivity (Wildman–Crippen MR) is 115 cm³/mol. The molecule has 2 aromatic carbocycles. The molecule has 5 nitrogen and oxygen atoms in total. The third-order valence-electron chi connectivity index (χ3n) is 3.58. The first-order chi connectivity index (χ1) is 13.5. The summed E-state index contributed by atoms with van der Waals surface area (Å²) in [6, 6.07) is 10.6. The number of carbonyl (C=O) groups is 1. The third kappa shape index (κ3) is 7.68. The van der Waals surface area contributed by atoms with Crippen molar-refractivity contribution in [3.63, 3.8) is 0 Å². The first-order valence-corrected chi connectivity index (χ1v) is 9.84. The van der Waals surface area contributed by atoms with Gasteiger partial charge in [-0.3, -0.25) is 0 Å². The van der Waals surface area contributed by atoms with Crippen molar-refractivity contribution >= 4 is 40.5 Å². The Morgan fingerprint density at radius 1 is 0.964 bits per heavy atom. The third-order valence-corrected chi connectivity index (χ3v) is 4.38. The average Bonchev–Trinajstić information content (AvgIpc) is 2.70. The number of hydrogen-bond donors (Lipinski definition) is 1. The highest BCUT2D eigenvalue weighted by Gasteiger charge is 2.15. The summed E-state index contributed by atoms with van der Waals surface area (Å²) in [4.78, 5) is 12.2. The van der Waals surface area contributed by atoms with Gasteiger partial charge in [0.25, 0.3) is 0 Å². The van der Waals surface area contributed by atoms with Gasteiger partial charge in [0.1, 0.15) is 0 Å². The van der Waals surface area contributed by atoms with Gasteiger partial charge in [0.05, 0.1) is 27.0 Å². The fourth-order valence-electron chi connectivity index (χ4n) is 2.14. The van der Waals surface area contributed by atoms with Crippen molar-refractivity contribution in [2.24, 2.45) is 0 Å². The number of hydrogen-bond acceptors (Lipinski definition) is 5. The summed E-state index contributed by atoms with van der Waals surface area (Å²) in [5.74, 6) is -0.485. The van der Waals surface area contributed by atoms with Crippen LogP contribution >= 0.6 is 23.2 Å². The van der Waals surface area contributed by atoms with Crippen LogP contribution in [0.25, 0.3) is 0 Å². The molecule has 0 fully saturated rings. The van der Waals surface area contributed by atoms with Crippen molar-refractivity contribution in [1.82, 2.24) is 0 Å². The summed E-state index contributed by atoms with van der Waals surface area (Å²) < 4.78 is 14.9. The lowest BCUT2D eigenvalue weighted by molar-refractivity contribution is -0.0273. The lowest BCUT2D eigenvalue weighted by Crippen LogP contribution is -2.11. The molecule has 0 amide bonds. The van der Waals surface area contributed by atoms with Gasteiger partial charge in [0, 0.05) is 19.8 Å². The summed E-state index contributed by atoms with van der Waals surface area (Å²) >= 11 is 12.5. The van der Waals surface area contributed by atoms with Gasteiger partial charge < -0.3 is 19.5 Å². The number of ether oxygens (including phenoxy) is 3. The zero-order chi connectivity index (χ0) is 20.9. The lowest BCUT2D eigenvalue weighted by atomic mass is 10.1. The van der Waals surface area contributed by atoms with E-state index in [1.807, 2.05) is 33.8 Å². The van der Waals surface area contributed by atoms with Crippen molar-refractivity contribution in [2.75, 3.05) is 31.9 Å². The van der Waals surface area contributed by atoms with E-state index in [9.17, 15) is 4.79 Å². The van der Waals surface area contributed by atoms with Crippen LogP contribution in [0, 0.1) is 6.92 Å². The number of carbonyl (C=O) groups excluding carboxylic acids is 1. The first kappa shape index (κ1) is 24.2. The molecule has 2 rings (SSSR count). The summed E-state index contributed by atoms with van der Waals surface area (Å²) in [7, 11) is 0. The molecule has 0 spiro atoms. The molecule has 2 aromatic rings. The van der Waals surface area contributed by atoms with Crippen LogP contribution in [0.3, 0.4) is 0 Å². The van der Waals surface area contributed by atoms with E-state index in [4.69, 9.17) is 37.4 Å². The molecular formula is C21H27Cl2NO4. The number of para-hydroxylation sites is 1. The number of esters is 1. The minimum atomic E-state index is -0.485. The quantitative estimate of drug-likeness (QED) is 0.307. The monoisotopic (exact) mass is 427 g/mol. The minimum absolute atomic E-state index is 0.0877. The average molecular weight is 428 g/mol. The molecule has 0 bridgehead atoms. The molecule has 28 heavy (non-hydrogen) atoms. The van der Waals surface area contributed by atoms with E-state index in [0.717, 1.165) is 18.8 Å². The Kier molecular flexibility index (Phi) is 11.6. The van der Waals surface area contributed by atoms with Crippen molar-refractivity contribution in [3.8, 4) is 0 Å². The summed E-state index contributed by atoms with van der Waals surface area (Å²) in [6.45, 7) is 9.76. The molecule has 0 aliphatic heterocycles. The summed E-state index contributed by atoms with van der Waals surface area (Å²) in [5, 5.41) is 4.10. The number of nitrogens with one attached hydrogen (secondary N) is 1. The van der Waals surface area contributed by atoms with Crippen LogP contribution in [-0.2, 0) is 14.2 Å². The van der Waals surface area contributed by atoms with E-state index >= 15 is 0 Å². The van der Waals surface area contributed by atoms with Crippen molar-refractivity contribution in [2.45, 2.75) is 27.7 Å². The molecule has 0 radical (unpaired) electrons. The lowest BCUT2D eigenvalue weighted by Gasteiger charge is -2.15. The normalized spacial score (nSPS) is 10.1. The molecule has 7 heteroatoms. The maximum absolute atomic E-state index is 12.2. The van der Waals surface area contributed by atoms with Gasteiger partial charge in [-0.05, 0) is 51.5 Å². The van der Waals surface area contributed by atoms with Crippen LogP contribution < -0.4 is 5.32 Å². The van der Waals surface area contributed by atoms with E-state index in [0.29, 0.717) is 33.6 Å². The Balaban J connectivity index is 0.000000696. The number of anilines is 2. The largest absolute Gasteiger partial charge is 0.435 e. The summed E-state index contributed by atoms with van der Waals surface area (Å²) in [5.41, 5.74) is 2.37. The van der Waals surface area contributed by atoms with Crippen LogP contribution in [0.5, 0.6) is 0 Å². The van der Waals surface area contributed by atoms with Crippen LogP contribution in [0.15, 0.2) is 36.4 Å². The summed E-state index contributed by atoms with van der Waals surface area (Å²) in [6.07, 6.45) is 0. The second-order valence-electron chi connectivity index (χ2n) is 5.55. The molecule has 0 heterocycles. The molecular weight excluding hydrogens is 401 g/mol. The van der Waals surface area contributed by atoms with Gasteiger partial charge in [-0.2, -0.15) is 0 Å². The van der Waals surface area contributed by atoms with E-state index < -0.39 is 5.97 Å². The van der Waals surface area contributed by atoms with Crippen molar-refractivity contribution in [1.29, 1.82) is 0 Å². The fraction of sp³-hybridized carbons (Fsp3) is 0.381. The molecule has 0 aliphatic carbocycles. The highest BCUT2D eigenvalue weighted by molar-refractivity contribution is 6.39. The van der Waals surface area contributed by atoms with Gasteiger partial charge in [-0.1, -0.05) is 41.4 Å². The fourth-order valence-corrected chi connectivity index (χ4v) is 2.60. The Morgan fingerprint density at radius 2 is 1.61 bits per heavy atom. The molecule has 0 atom stereocenters. The predicted octanol–water partition coefficient (Wildman–Crippen LogP) is 6.24. The Hall–Kier alpha value is -1.79. The van der Waals surface area contributed by atoms with E-state index in [1.54, 1.807) is 30.3 Å². The first-order valence-electron chi connectivity index (χ1n) is 9.09. The standard InChI is InChI=1S/C17H17Cl2NO3.C4H10O/c1-3-22-10-23-17(21)12-6-4-5-7-14(12)20-16-13(18)9-8-11(2)15(16)19;1-3-5-4-2/h4-9,20H,3,10H2,1-2H3;3-4H2,1-2H3. The van der Waals surface area contributed by atoms with Crippen LogP contribution in [0.2, 0.25) is 10.0 Å². The maximum Gasteiger partial charge on any atom is 0.342 e. The van der Waals surface area contributed by atoms with Crippen molar-refractivity contribution < 1.29 is 19.0 Å². The topological polar surface area (TPSA) is 56.8 Å². The van der Waals surface area contributed by atoms with Crippen molar-refractivity contribution in [3.05, 3.63) is 57.6 Å². The number of aryl methyl sites for hydroxylation is 1. The number of halogens is 2.